The van der Waals surface area contributed by atoms with E-state index >= 15 is 0 Å². The monoisotopic (exact) mass is 272 g/mol. The van der Waals surface area contributed by atoms with Crippen molar-refractivity contribution in [3.8, 4) is 11.5 Å². The molecule has 1 aliphatic heterocycles. The van der Waals surface area contributed by atoms with Crippen molar-refractivity contribution >= 4 is 10.8 Å². The van der Waals surface area contributed by atoms with Crippen molar-refractivity contribution in [1.82, 2.24) is 0 Å². The number of ether oxygens (including phenoxy) is 2. The molecule has 0 saturated carbocycles. The van der Waals surface area contributed by atoms with Crippen LogP contribution in [0.3, 0.4) is 0 Å². The highest BCUT2D eigenvalue weighted by atomic mass is 16.5. The molecule has 1 saturated heterocycles. The van der Waals surface area contributed by atoms with Crippen molar-refractivity contribution in [3.05, 3.63) is 36.4 Å². The molecular formula is C17H20O3. The van der Waals surface area contributed by atoms with E-state index in [0.717, 1.165) is 36.0 Å². The third kappa shape index (κ3) is 3.23. The summed E-state index contributed by atoms with van der Waals surface area (Å²) in [5.41, 5.74) is 0. The van der Waals surface area contributed by atoms with E-state index in [1.807, 2.05) is 24.3 Å². The molecule has 2 aromatic rings. The lowest BCUT2D eigenvalue weighted by atomic mass is 10.1. The normalized spacial score (nSPS) is 18.5. The zero-order valence-corrected chi connectivity index (χ0v) is 11.5. The fourth-order valence-electron chi connectivity index (χ4n) is 2.68. The largest absolute Gasteiger partial charge is 0.508 e. The molecule has 1 heterocycles. The van der Waals surface area contributed by atoms with Crippen LogP contribution in [0, 0.1) is 0 Å². The van der Waals surface area contributed by atoms with Gasteiger partial charge in [0.15, 0.2) is 0 Å². The number of benzene rings is 2. The second-order valence-corrected chi connectivity index (χ2v) is 5.32. The first-order chi connectivity index (χ1) is 9.81. The Labute approximate surface area is 119 Å². The summed E-state index contributed by atoms with van der Waals surface area (Å²) in [6, 6.07) is 11.3. The van der Waals surface area contributed by atoms with Crippen LogP contribution < -0.4 is 4.74 Å². The Morgan fingerprint density at radius 2 is 2.05 bits per heavy atom. The van der Waals surface area contributed by atoms with Crippen LogP contribution in [0.15, 0.2) is 36.4 Å². The number of phenols is 1. The van der Waals surface area contributed by atoms with E-state index in [-0.39, 0.29) is 5.75 Å². The maximum absolute atomic E-state index is 9.50. The molecule has 2 aromatic carbocycles. The van der Waals surface area contributed by atoms with E-state index in [4.69, 9.17) is 9.47 Å². The quantitative estimate of drug-likeness (QED) is 0.839. The van der Waals surface area contributed by atoms with Gasteiger partial charge in [-0.15, -0.1) is 0 Å². The second kappa shape index (κ2) is 6.14. The summed E-state index contributed by atoms with van der Waals surface area (Å²) in [6.07, 6.45) is 4.92. The molecule has 0 amide bonds. The second-order valence-electron chi connectivity index (χ2n) is 5.32. The summed E-state index contributed by atoms with van der Waals surface area (Å²) in [6.45, 7) is 1.63. The average molecular weight is 272 g/mol. The molecule has 20 heavy (non-hydrogen) atoms. The molecule has 0 spiro atoms. The van der Waals surface area contributed by atoms with Gasteiger partial charge in [0.05, 0.1) is 12.7 Å². The lowest BCUT2D eigenvalue weighted by Crippen LogP contribution is -2.07. The summed E-state index contributed by atoms with van der Waals surface area (Å²) >= 11 is 0. The Hall–Kier alpha value is -1.74. The smallest absolute Gasteiger partial charge is 0.119 e. The standard InChI is InChI=1S/C17H20O3/c18-15-7-5-13-6-8-17(12-14(13)11-15)20-10-2-4-16-3-1-9-19-16/h5-8,11-12,16,18H,1-4,9-10H2. The average Bonchev–Trinajstić information content (AvgIpc) is 2.96. The molecule has 0 aromatic heterocycles. The van der Waals surface area contributed by atoms with Gasteiger partial charge in [0.2, 0.25) is 0 Å². The molecule has 0 radical (unpaired) electrons. The van der Waals surface area contributed by atoms with Crippen molar-refractivity contribution in [2.45, 2.75) is 31.8 Å². The Morgan fingerprint density at radius 3 is 2.90 bits per heavy atom. The van der Waals surface area contributed by atoms with E-state index in [1.165, 1.54) is 12.8 Å². The van der Waals surface area contributed by atoms with Gasteiger partial charge in [-0.25, -0.2) is 0 Å². The topological polar surface area (TPSA) is 38.7 Å². The zero-order valence-electron chi connectivity index (χ0n) is 11.5. The molecule has 1 unspecified atom stereocenters. The number of rotatable bonds is 5. The maximum Gasteiger partial charge on any atom is 0.119 e. The van der Waals surface area contributed by atoms with Crippen molar-refractivity contribution in [2.75, 3.05) is 13.2 Å². The molecule has 1 aliphatic rings. The van der Waals surface area contributed by atoms with Gasteiger partial charge in [-0.2, -0.15) is 0 Å². The van der Waals surface area contributed by atoms with Crippen LogP contribution in [-0.4, -0.2) is 24.4 Å². The van der Waals surface area contributed by atoms with Crippen LogP contribution in [-0.2, 0) is 4.74 Å². The van der Waals surface area contributed by atoms with Gasteiger partial charge in [0.1, 0.15) is 11.5 Å². The minimum atomic E-state index is 0.285. The van der Waals surface area contributed by atoms with E-state index in [0.29, 0.717) is 12.7 Å². The predicted octanol–water partition coefficient (Wildman–Crippen LogP) is 3.88. The van der Waals surface area contributed by atoms with Gasteiger partial charge in [0, 0.05) is 6.61 Å². The summed E-state index contributed by atoms with van der Waals surface area (Å²) in [4.78, 5) is 0. The van der Waals surface area contributed by atoms with Gasteiger partial charge in [-0.1, -0.05) is 12.1 Å². The number of hydrogen-bond acceptors (Lipinski definition) is 3. The number of phenolic OH excluding ortho intramolecular Hbond substituents is 1. The SMILES string of the molecule is Oc1ccc2ccc(OCCCC3CCCO3)cc2c1. The van der Waals surface area contributed by atoms with Crippen molar-refractivity contribution in [3.63, 3.8) is 0 Å². The van der Waals surface area contributed by atoms with Gasteiger partial charge in [-0.3, -0.25) is 0 Å². The zero-order chi connectivity index (χ0) is 13.8. The molecule has 3 nitrogen and oxygen atoms in total. The fraction of sp³-hybridized carbons (Fsp3) is 0.412. The summed E-state index contributed by atoms with van der Waals surface area (Å²) in [5.74, 6) is 1.14. The Balaban J connectivity index is 1.54. The van der Waals surface area contributed by atoms with E-state index in [2.05, 4.69) is 0 Å². The van der Waals surface area contributed by atoms with Crippen molar-refractivity contribution < 1.29 is 14.6 Å². The minimum Gasteiger partial charge on any atom is -0.508 e. The summed E-state index contributed by atoms with van der Waals surface area (Å²) in [7, 11) is 0. The Morgan fingerprint density at radius 1 is 1.15 bits per heavy atom. The molecular weight excluding hydrogens is 252 g/mol. The lowest BCUT2D eigenvalue weighted by molar-refractivity contribution is 0.0981. The highest BCUT2D eigenvalue weighted by molar-refractivity contribution is 5.85. The molecule has 106 valence electrons. The van der Waals surface area contributed by atoms with Gasteiger partial charge in [0.25, 0.3) is 0 Å². The van der Waals surface area contributed by atoms with E-state index < -0.39 is 0 Å². The Bertz CT molecular complexity index is 573. The lowest BCUT2D eigenvalue weighted by Gasteiger charge is -2.10. The van der Waals surface area contributed by atoms with E-state index in [9.17, 15) is 5.11 Å². The molecule has 0 aliphatic carbocycles. The van der Waals surface area contributed by atoms with Crippen LogP contribution in [0.25, 0.3) is 10.8 Å². The number of aromatic hydroxyl groups is 1. The third-order valence-corrected chi connectivity index (χ3v) is 3.76. The highest BCUT2D eigenvalue weighted by Crippen LogP contribution is 2.24. The number of fused-ring (bicyclic) bond motifs is 1. The molecule has 1 atom stereocenters. The van der Waals surface area contributed by atoms with Crippen LogP contribution in [0.5, 0.6) is 11.5 Å². The Kier molecular flexibility index (Phi) is 4.07. The van der Waals surface area contributed by atoms with Crippen LogP contribution in [0.1, 0.15) is 25.7 Å². The van der Waals surface area contributed by atoms with E-state index in [1.54, 1.807) is 12.1 Å². The van der Waals surface area contributed by atoms with Gasteiger partial charge >= 0.3 is 0 Å². The third-order valence-electron chi connectivity index (χ3n) is 3.76. The molecule has 1 N–H and O–H groups in total. The highest BCUT2D eigenvalue weighted by Gasteiger charge is 2.14. The first kappa shape index (κ1) is 13.3. The summed E-state index contributed by atoms with van der Waals surface area (Å²) in [5, 5.41) is 11.6. The minimum absolute atomic E-state index is 0.285. The van der Waals surface area contributed by atoms with Crippen LogP contribution >= 0.6 is 0 Å². The maximum atomic E-state index is 9.50. The fourth-order valence-corrected chi connectivity index (χ4v) is 2.68. The molecule has 3 rings (SSSR count). The van der Waals surface area contributed by atoms with Crippen LogP contribution in [0.2, 0.25) is 0 Å². The first-order valence-corrected chi connectivity index (χ1v) is 7.28. The molecule has 1 fully saturated rings. The van der Waals surface area contributed by atoms with Crippen molar-refractivity contribution in [2.24, 2.45) is 0 Å². The van der Waals surface area contributed by atoms with Gasteiger partial charge < -0.3 is 14.6 Å². The molecule has 0 bridgehead atoms. The first-order valence-electron chi connectivity index (χ1n) is 7.28. The number of hydrogen-bond donors (Lipinski definition) is 1. The van der Waals surface area contributed by atoms with Crippen molar-refractivity contribution in [1.29, 1.82) is 0 Å². The molecule has 3 heteroatoms. The predicted molar refractivity (Wildman–Crippen MR) is 79.3 cm³/mol. The van der Waals surface area contributed by atoms with Crippen LogP contribution in [0.4, 0.5) is 0 Å². The summed E-state index contributed by atoms with van der Waals surface area (Å²) < 4.78 is 11.4. The van der Waals surface area contributed by atoms with Gasteiger partial charge in [-0.05, 0) is 60.7 Å².